The first-order valence-corrected chi connectivity index (χ1v) is 4.32. The molecule has 0 radical (unpaired) electrons. The fourth-order valence-electron chi connectivity index (χ4n) is 0.740. The lowest BCUT2D eigenvalue weighted by molar-refractivity contribution is 0.414. The molecule has 0 aliphatic rings. The van der Waals surface area contributed by atoms with Gasteiger partial charge in [0.25, 0.3) is 0 Å². The second kappa shape index (κ2) is 3.46. The van der Waals surface area contributed by atoms with Gasteiger partial charge in [0.05, 0.1) is 7.11 Å². The molecule has 0 unspecified atom stereocenters. The largest absolute Gasteiger partial charge is 0.497 e. The molecule has 0 amide bonds. The predicted molar refractivity (Wildman–Crippen MR) is 50.4 cm³/mol. The number of rotatable bonds is 1. The van der Waals surface area contributed by atoms with Gasteiger partial charge in [-0.1, -0.05) is 27.5 Å². The summed E-state index contributed by atoms with van der Waals surface area (Å²) in [5.41, 5.74) is 1.03. The quantitative estimate of drug-likeness (QED) is 0.725. The molecule has 0 atom stereocenters. The standard InChI is InChI=1S/C8H8BrClO/c1-5-7(9)3-6(11-2)4-8(5)10/h3-4H,1-2H3. The monoisotopic (exact) mass is 234 g/mol. The first kappa shape index (κ1) is 8.88. The minimum atomic E-state index is 0.719. The second-order valence-electron chi connectivity index (χ2n) is 2.22. The third kappa shape index (κ3) is 1.88. The predicted octanol–water partition coefficient (Wildman–Crippen LogP) is 3.42. The van der Waals surface area contributed by atoms with E-state index in [-0.39, 0.29) is 0 Å². The highest BCUT2D eigenvalue weighted by Crippen LogP contribution is 2.29. The molecule has 0 saturated carbocycles. The normalized spacial score (nSPS) is 9.82. The Morgan fingerprint density at radius 2 is 2.09 bits per heavy atom. The van der Waals surface area contributed by atoms with Crippen LogP contribution in [0.15, 0.2) is 16.6 Å². The lowest BCUT2D eigenvalue weighted by Crippen LogP contribution is -1.84. The molecule has 0 fully saturated rings. The molecule has 0 N–H and O–H groups in total. The molecule has 0 bridgehead atoms. The molecule has 0 spiro atoms. The van der Waals surface area contributed by atoms with E-state index in [0.717, 1.165) is 20.8 Å². The average Bonchev–Trinajstić information content (AvgIpc) is 1.99. The topological polar surface area (TPSA) is 9.23 Å². The fraction of sp³-hybridized carbons (Fsp3) is 0.250. The summed E-state index contributed by atoms with van der Waals surface area (Å²) < 4.78 is 5.99. The molecule has 0 aliphatic carbocycles. The van der Waals surface area contributed by atoms with Crippen molar-refractivity contribution in [2.45, 2.75) is 6.92 Å². The van der Waals surface area contributed by atoms with Crippen LogP contribution in [-0.2, 0) is 0 Å². The van der Waals surface area contributed by atoms with Crippen LogP contribution in [0.2, 0.25) is 5.02 Å². The maximum absolute atomic E-state index is 5.89. The molecule has 1 rings (SSSR count). The molecule has 0 aliphatic heterocycles. The van der Waals surface area contributed by atoms with E-state index in [9.17, 15) is 0 Å². The second-order valence-corrected chi connectivity index (χ2v) is 3.48. The van der Waals surface area contributed by atoms with Crippen molar-refractivity contribution in [1.29, 1.82) is 0 Å². The van der Waals surface area contributed by atoms with E-state index < -0.39 is 0 Å². The summed E-state index contributed by atoms with van der Waals surface area (Å²) in [5.74, 6) is 0.771. The number of ether oxygens (including phenoxy) is 1. The number of benzene rings is 1. The van der Waals surface area contributed by atoms with Crippen LogP contribution in [0.5, 0.6) is 5.75 Å². The summed E-state index contributed by atoms with van der Waals surface area (Å²) in [7, 11) is 1.62. The van der Waals surface area contributed by atoms with Crippen LogP contribution in [0.4, 0.5) is 0 Å². The van der Waals surface area contributed by atoms with E-state index in [1.165, 1.54) is 0 Å². The van der Waals surface area contributed by atoms with E-state index in [4.69, 9.17) is 16.3 Å². The lowest BCUT2D eigenvalue weighted by atomic mass is 10.2. The smallest absolute Gasteiger partial charge is 0.121 e. The van der Waals surface area contributed by atoms with Crippen LogP contribution in [0.3, 0.4) is 0 Å². The van der Waals surface area contributed by atoms with Crippen molar-refractivity contribution in [2.24, 2.45) is 0 Å². The summed E-state index contributed by atoms with van der Waals surface area (Å²) in [6.45, 7) is 1.95. The third-order valence-corrected chi connectivity index (χ3v) is 2.71. The molecule has 0 heterocycles. The molecule has 3 heteroatoms. The van der Waals surface area contributed by atoms with Gasteiger partial charge in [0.2, 0.25) is 0 Å². The van der Waals surface area contributed by atoms with Crippen molar-refractivity contribution in [2.75, 3.05) is 7.11 Å². The first-order chi connectivity index (χ1) is 5.15. The van der Waals surface area contributed by atoms with Gasteiger partial charge in [0, 0.05) is 9.50 Å². The van der Waals surface area contributed by atoms with Crippen LogP contribution in [0.25, 0.3) is 0 Å². The molecule has 0 saturated heterocycles. The summed E-state index contributed by atoms with van der Waals surface area (Å²) in [6.07, 6.45) is 0. The van der Waals surface area contributed by atoms with Gasteiger partial charge in [-0.25, -0.2) is 0 Å². The van der Waals surface area contributed by atoms with Crippen molar-refractivity contribution in [3.8, 4) is 5.75 Å². The molecular formula is C8H8BrClO. The molecular weight excluding hydrogens is 227 g/mol. The molecule has 1 aromatic rings. The molecule has 11 heavy (non-hydrogen) atoms. The van der Waals surface area contributed by atoms with Gasteiger partial charge in [-0.05, 0) is 24.6 Å². The van der Waals surface area contributed by atoms with Crippen LogP contribution >= 0.6 is 27.5 Å². The molecule has 1 aromatic carbocycles. The number of hydrogen-bond donors (Lipinski definition) is 0. The van der Waals surface area contributed by atoms with E-state index in [0.29, 0.717) is 0 Å². The molecule has 1 nitrogen and oxygen atoms in total. The number of methoxy groups -OCH3 is 1. The minimum Gasteiger partial charge on any atom is -0.497 e. The highest BCUT2D eigenvalue weighted by atomic mass is 79.9. The van der Waals surface area contributed by atoms with Crippen molar-refractivity contribution >= 4 is 27.5 Å². The SMILES string of the molecule is COc1cc(Cl)c(C)c(Br)c1. The Labute approximate surface area is 79.4 Å². The highest BCUT2D eigenvalue weighted by Gasteiger charge is 2.02. The van der Waals surface area contributed by atoms with Crippen LogP contribution in [-0.4, -0.2) is 7.11 Å². The van der Waals surface area contributed by atoms with Gasteiger partial charge in [-0.15, -0.1) is 0 Å². The van der Waals surface area contributed by atoms with Crippen LogP contribution in [0.1, 0.15) is 5.56 Å². The van der Waals surface area contributed by atoms with Gasteiger partial charge in [-0.3, -0.25) is 0 Å². The van der Waals surface area contributed by atoms with Crippen LogP contribution in [0, 0.1) is 6.92 Å². The van der Waals surface area contributed by atoms with Crippen molar-refractivity contribution in [1.82, 2.24) is 0 Å². The Balaban J connectivity index is 3.21. The van der Waals surface area contributed by atoms with Crippen molar-refractivity contribution in [3.05, 3.63) is 27.2 Å². The van der Waals surface area contributed by atoms with E-state index >= 15 is 0 Å². The van der Waals surface area contributed by atoms with Crippen molar-refractivity contribution < 1.29 is 4.74 Å². The summed E-state index contributed by atoms with van der Waals surface area (Å²) >= 11 is 9.26. The average molecular weight is 236 g/mol. The summed E-state index contributed by atoms with van der Waals surface area (Å²) in [5, 5.41) is 0.719. The van der Waals surface area contributed by atoms with Gasteiger partial charge in [0.1, 0.15) is 5.75 Å². The summed E-state index contributed by atoms with van der Waals surface area (Å²) in [4.78, 5) is 0. The lowest BCUT2D eigenvalue weighted by Gasteiger charge is -2.04. The summed E-state index contributed by atoms with van der Waals surface area (Å²) in [6, 6.07) is 3.68. The highest BCUT2D eigenvalue weighted by molar-refractivity contribution is 9.10. The maximum Gasteiger partial charge on any atom is 0.121 e. The zero-order valence-corrected chi connectivity index (χ0v) is 8.66. The Bertz CT molecular complexity index is 250. The Morgan fingerprint density at radius 3 is 2.55 bits per heavy atom. The molecule has 60 valence electrons. The zero-order chi connectivity index (χ0) is 8.43. The zero-order valence-electron chi connectivity index (χ0n) is 6.32. The van der Waals surface area contributed by atoms with Gasteiger partial charge in [-0.2, -0.15) is 0 Å². The van der Waals surface area contributed by atoms with E-state index in [2.05, 4.69) is 15.9 Å². The maximum atomic E-state index is 5.89. The third-order valence-electron chi connectivity index (χ3n) is 1.49. The van der Waals surface area contributed by atoms with Gasteiger partial charge in [0.15, 0.2) is 0 Å². The van der Waals surface area contributed by atoms with Gasteiger partial charge >= 0.3 is 0 Å². The minimum absolute atomic E-state index is 0.719. The number of halogens is 2. The first-order valence-electron chi connectivity index (χ1n) is 3.15. The van der Waals surface area contributed by atoms with E-state index in [1.54, 1.807) is 13.2 Å². The Kier molecular flexibility index (Phi) is 2.79. The van der Waals surface area contributed by atoms with Gasteiger partial charge < -0.3 is 4.74 Å². The fourth-order valence-corrected chi connectivity index (χ4v) is 1.50. The van der Waals surface area contributed by atoms with E-state index in [1.807, 2.05) is 13.0 Å². The van der Waals surface area contributed by atoms with Crippen LogP contribution < -0.4 is 4.74 Å². The number of hydrogen-bond acceptors (Lipinski definition) is 1. The molecule has 0 aromatic heterocycles. The Hall–Kier alpha value is -0.210. The Morgan fingerprint density at radius 1 is 1.45 bits per heavy atom. The van der Waals surface area contributed by atoms with Crippen molar-refractivity contribution in [3.63, 3.8) is 0 Å².